The molecule has 3 aromatic rings. The Balaban J connectivity index is 1.37. The van der Waals surface area contributed by atoms with Gasteiger partial charge in [0.1, 0.15) is 12.4 Å². The normalized spacial score (nSPS) is 10.8. The minimum absolute atomic E-state index is 0.0594. The maximum absolute atomic E-state index is 12.3. The number of nitrogens with zero attached hydrogens (tertiary/aromatic N) is 1. The summed E-state index contributed by atoms with van der Waals surface area (Å²) in [6.07, 6.45) is 6.43. The molecular weight excluding hydrogens is 400 g/mol. The molecule has 0 atom stereocenters. The fraction of sp³-hybridized carbons (Fsp3) is 0.370. The zero-order valence-corrected chi connectivity index (χ0v) is 19.2. The molecule has 1 heterocycles. The molecule has 0 saturated carbocycles. The van der Waals surface area contributed by atoms with Crippen molar-refractivity contribution in [3.8, 4) is 11.5 Å². The van der Waals surface area contributed by atoms with Gasteiger partial charge in [-0.3, -0.25) is 4.79 Å². The van der Waals surface area contributed by atoms with Crippen LogP contribution in [0.5, 0.6) is 11.5 Å². The van der Waals surface area contributed by atoms with Crippen LogP contribution in [0.1, 0.15) is 42.5 Å². The second-order valence-electron chi connectivity index (χ2n) is 7.97. The number of unbranched alkanes of at least 4 members (excludes halogenated alkanes) is 3. The highest BCUT2D eigenvalue weighted by Crippen LogP contribution is 2.17. The van der Waals surface area contributed by atoms with E-state index in [1.54, 1.807) is 13.2 Å². The lowest BCUT2D eigenvalue weighted by molar-refractivity contribution is 0.296. The fourth-order valence-corrected chi connectivity index (χ4v) is 3.76. The average Bonchev–Trinajstić information content (AvgIpc) is 2.82. The summed E-state index contributed by atoms with van der Waals surface area (Å²) < 4.78 is 13.4. The minimum Gasteiger partial charge on any atom is -0.496 e. The van der Waals surface area contributed by atoms with E-state index < -0.39 is 0 Å². The van der Waals surface area contributed by atoms with Crippen LogP contribution in [0.2, 0.25) is 0 Å². The van der Waals surface area contributed by atoms with Crippen molar-refractivity contribution in [3.63, 3.8) is 0 Å². The third kappa shape index (κ3) is 6.99. The molecule has 2 aromatic carbocycles. The number of ether oxygens (including phenoxy) is 2. The summed E-state index contributed by atoms with van der Waals surface area (Å²) in [7, 11) is 1.71. The predicted molar refractivity (Wildman–Crippen MR) is 129 cm³/mol. The lowest BCUT2D eigenvalue weighted by Gasteiger charge is -2.15. The Morgan fingerprint density at radius 1 is 0.906 bits per heavy atom. The van der Waals surface area contributed by atoms with Gasteiger partial charge in [0.25, 0.3) is 0 Å². The van der Waals surface area contributed by atoms with Gasteiger partial charge in [0.05, 0.1) is 12.8 Å². The van der Waals surface area contributed by atoms with Gasteiger partial charge in [-0.2, -0.15) is 0 Å². The van der Waals surface area contributed by atoms with Gasteiger partial charge in [-0.25, -0.2) is 0 Å². The number of benzene rings is 2. The highest BCUT2D eigenvalue weighted by molar-refractivity contribution is 5.33. The van der Waals surface area contributed by atoms with E-state index >= 15 is 0 Å². The SMILES string of the molecule is COc1ccccc1CNCCCCCCn1ccc(=O)c(OCc2ccccc2)c1C. The third-order valence-corrected chi connectivity index (χ3v) is 5.63. The molecular formula is C27H34N2O3. The highest BCUT2D eigenvalue weighted by Gasteiger charge is 2.09. The largest absolute Gasteiger partial charge is 0.496 e. The van der Waals surface area contributed by atoms with E-state index in [1.807, 2.05) is 61.7 Å². The zero-order valence-electron chi connectivity index (χ0n) is 19.2. The molecule has 0 saturated heterocycles. The standard InChI is InChI=1S/C27H34N2O3/c1-22-27(32-21-23-12-6-5-7-13-23)25(30)16-19-29(22)18-11-4-3-10-17-28-20-24-14-8-9-15-26(24)31-2/h5-9,12-16,19,28H,3-4,10-11,17-18,20-21H2,1-2H3. The van der Waals surface area contributed by atoms with E-state index in [-0.39, 0.29) is 5.43 Å². The number of aromatic nitrogens is 1. The van der Waals surface area contributed by atoms with E-state index in [2.05, 4.69) is 16.0 Å². The molecule has 0 aliphatic heterocycles. The Labute approximate surface area is 191 Å². The second kappa shape index (κ2) is 12.7. The number of nitrogens with one attached hydrogen (secondary N) is 1. The van der Waals surface area contributed by atoms with Gasteiger partial charge >= 0.3 is 0 Å². The summed E-state index contributed by atoms with van der Waals surface area (Å²) in [6.45, 7) is 5.08. The molecule has 0 unspecified atom stereocenters. The molecule has 0 radical (unpaired) electrons. The Kier molecular flexibility index (Phi) is 9.38. The molecule has 32 heavy (non-hydrogen) atoms. The molecule has 0 amide bonds. The molecule has 0 spiro atoms. The van der Waals surface area contributed by atoms with Crippen molar-refractivity contribution in [1.82, 2.24) is 9.88 Å². The molecule has 0 bridgehead atoms. The van der Waals surface area contributed by atoms with Crippen molar-refractivity contribution in [2.75, 3.05) is 13.7 Å². The summed E-state index contributed by atoms with van der Waals surface area (Å²) in [5.41, 5.74) is 3.08. The van der Waals surface area contributed by atoms with Crippen LogP contribution in [0.15, 0.2) is 71.7 Å². The number of aryl methyl sites for hydroxylation is 1. The maximum Gasteiger partial charge on any atom is 0.223 e. The molecule has 170 valence electrons. The molecule has 5 heteroatoms. The minimum atomic E-state index is -0.0594. The lowest BCUT2D eigenvalue weighted by Crippen LogP contribution is -2.16. The first-order valence-corrected chi connectivity index (χ1v) is 11.4. The maximum atomic E-state index is 12.3. The molecule has 5 nitrogen and oxygen atoms in total. The number of hydrogen-bond acceptors (Lipinski definition) is 4. The van der Waals surface area contributed by atoms with E-state index in [1.165, 1.54) is 12.0 Å². The van der Waals surface area contributed by atoms with E-state index in [9.17, 15) is 4.79 Å². The third-order valence-electron chi connectivity index (χ3n) is 5.63. The highest BCUT2D eigenvalue weighted by atomic mass is 16.5. The summed E-state index contributed by atoms with van der Waals surface area (Å²) in [5.74, 6) is 1.39. The van der Waals surface area contributed by atoms with Gasteiger partial charge in [-0.05, 0) is 37.9 Å². The van der Waals surface area contributed by atoms with Crippen LogP contribution in [-0.2, 0) is 19.7 Å². The van der Waals surface area contributed by atoms with Crippen LogP contribution >= 0.6 is 0 Å². The van der Waals surface area contributed by atoms with Crippen molar-refractivity contribution < 1.29 is 9.47 Å². The van der Waals surface area contributed by atoms with Crippen LogP contribution in [0.4, 0.5) is 0 Å². The zero-order chi connectivity index (χ0) is 22.6. The molecule has 0 aliphatic carbocycles. The van der Waals surface area contributed by atoms with Crippen LogP contribution < -0.4 is 20.2 Å². The van der Waals surface area contributed by atoms with Crippen molar-refractivity contribution in [3.05, 3.63) is 93.9 Å². The van der Waals surface area contributed by atoms with E-state index in [4.69, 9.17) is 9.47 Å². The molecule has 1 N–H and O–H groups in total. The molecule has 0 aliphatic rings. The van der Waals surface area contributed by atoms with Crippen LogP contribution in [0, 0.1) is 6.92 Å². The summed E-state index contributed by atoms with van der Waals surface area (Å²) in [5, 5.41) is 3.50. The van der Waals surface area contributed by atoms with Gasteiger partial charge in [0, 0.05) is 30.9 Å². The van der Waals surface area contributed by atoms with Crippen molar-refractivity contribution >= 4 is 0 Å². The number of para-hydroxylation sites is 1. The Morgan fingerprint density at radius 3 is 2.47 bits per heavy atom. The van der Waals surface area contributed by atoms with Crippen molar-refractivity contribution in [2.24, 2.45) is 0 Å². The smallest absolute Gasteiger partial charge is 0.223 e. The summed E-state index contributed by atoms with van der Waals surface area (Å²) in [4.78, 5) is 12.3. The Hall–Kier alpha value is -3.05. The Bertz CT molecular complexity index is 1010. The van der Waals surface area contributed by atoms with Crippen molar-refractivity contribution in [2.45, 2.75) is 52.3 Å². The number of rotatable bonds is 13. The predicted octanol–water partition coefficient (Wildman–Crippen LogP) is 5.09. The van der Waals surface area contributed by atoms with E-state index in [0.717, 1.165) is 55.9 Å². The van der Waals surface area contributed by atoms with Crippen LogP contribution in [0.3, 0.4) is 0 Å². The topological polar surface area (TPSA) is 52.5 Å². The monoisotopic (exact) mass is 434 g/mol. The number of hydrogen-bond donors (Lipinski definition) is 1. The first-order valence-electron chi connectivity index (χ1n) is 11.4. The first kappa shape index (κ1) is 23.6. The van der Waals surface area contributed by atoms with Gasteiger partial charge in [-0.1, -0.05) is 61.4 Å². The number of pyridine rings is 1. The Morgan fingerprint density at radius 2 is 1.66 bits per heavy atom. The molecule has 3 rings (SSSR count). The number of methoxy groups -OCH3 is 1. The summed E-state index contributed by atoms with van der Waals surface area (Å²) >= 11 is 0. The molecule has 0 fully saturated rings. The van der Waals surface area contributed by atoms with Gasteiger partial charge < -0.3 is 19.4 Å². The average molecular weight is 435 g/mol. The van der Waals surface area contributed by atoms with Crippen LogP contribution in [0.25, 0.3) is 0 Å². The quantitative estimate of drug-likeness (QED) is 0.381. The fourth-order valence-electron chi connectivity index (χ4n) is 3.76. The van der Waals surface area contributed by atoms with Gasteiger partial charge in [0.15, 0.2) is 5.75 Å². The first-order chi connectivity index (χ1) is 15.7. The van der Waals surface area contributed by atoms with Crippen LogP contribution in [-0.4, -0.2) is 18.2 Å². The van der Waals surface area contributed by atoms with Gasteiger partial charge in [-0.15, -0.1) is 0 Å². The molecule has 1 aromatic heterocycles. The lowest BCUT2D eigenvalue weighted by atomic mass is 10.1. The van der Waals surface area contributed by atoms with Crippen molar-refractivity contribution in [1.29, 1.82) is 0 Å². The van der Waals surface area contributed by atoms with E-state index in [0.29, 0.717) is 12.4 Å². The van der Waals surface area contributed by atoms with Gasteiger partial charge in [0.2, 0.25) is 5.43 Å². The summed E-state index contributed by atoms with van der Waals surface area (Å²) in [6, 6.07) is 19.7. The second-order valence-corrected chi connectivity index (χ2v) is 7.97.